The van der Waals surface area contributed by atoms with Crippen LogP contribution in [0.1, 0.15) is 23.3 Å². The molecule has 0 spiro atoms. The highest BCUT2D eigenvalue weighted by molar-refractivity contribution is 5.93. The quantitative estimate of drug-likeness (QED) is 0.787. The molecule has 1 aromatic carbocycles. The molecule has 7 heteroatoms. The van der Waals surface area contributed by atoms with Gasteiger partial charge in [0.1, 0.15) is 5.56 Å². The summed E-state index contributed by atoms with van der Waals surface area (Å²) in [5.41, 5.74) is 7.50. The number of hydrogen-bond acceptors (Lipinski definition) is 4. The molecule has 1 aliphatic rings. The summed E-state index contributed by atoms with van der Waals surface area (Å²) < 4.78 is 7.02. The first-order valence-electron chi connectivity index (χ1n) is 8.59. The summed E-state index contributed by atoms with van der Waals surface area (Å²) in [4.78, 5) is 26.1. The number of ether oxygens (including phenoxy) is 1. The summed E-state index contributed by atoms with van der Waals surface area (Å²) in [5.74, 6) is -0.693. The van der Waals surface area contributed by atoms with Crippen LogP contribution in [0.25, 0.3) is 0 Å². The maximum atomic E-state index is 12.5. The molecule has 3 N–H and O–H groups in total. The highest BCUT2D eigenvalue weighted by Gasteiger charge is 2.23. The fraction of sp³-hybridized carbons (Fsp3) is 0.316. The van der Waals surface area contributed by atoms with Crippen molar-refractivity contribution in [2.45, 2.75) is 13.0 Å². The van der Waals surface area contributed by atoms with E-state index in [0.717, 1.165) is 37.7 Å². The molecule has 0 saturated carbocycles. The maximum Gasteiger partial charge on any atom is 0.293 e. The Labute approximate surface area is 152 Å². The lowest BCUT2D eigenvalue weighted by Crippen LogP contribution is -2.44. The molecule has 1 atom stereocenters. The van der Waals surface area contributed by atoms with Crippen LogP contribution in [0.2, 0.25) is 0 Å². The lowest BCUT2D eigenvalue weighted by molar-refractivity contribution is -0.705. The fourth-order valence-corrected chi connectivity index (χ4v) is 2.84. The van der Waals surface area contributed by atoms with Gasteiger partial charge in [-0.1, -0.05) is 0 Å². The average molecular weight is 355 g/mol. The Bertz CT molecular complexity index is 786. The van der Waals surface area contributed by atoms with Crippen LogP contribution in [0.3, 0.4) is 0 Å². The number of primary amides is 1. The Kier molecular flexibility index (Phi) is 5.48. The molecule has 26 heavy (non-hydrogen) atoms. The third-order valence-corrected chi connectivity index (χ3v) is 4.44. The van der Waals surface area contributed by atoms with E-state index in [0.29, 0.717) is 5.56 Å². The van der Waals surface area contributed by atoms with E-state index in [1.807, 2.05) is 24.3 Å². The third-order valence-electron chi connectivity index (χ3n) is 4.44. The van der Waals surface area contributed by atoms with Gasteiger partial charge in [0.2, 0.25) is 6.04 Å². The van der Waals surface area contributed by atoms with Crippen molar-refractivity contribution in [3.8, 4) is 0 Å². The molecule has 0 aliphatic carbocycles. The van der Waals surface area contributed by atoms with Gasteiger partial charge in [0.25, 0.3) is 11.8 Å². The van der Waals surface area contributed by atoms with E-state index in [-0.39, 0.29) is 5.91 Å². The molecule has 1 saturated heterocycles. The minimum Gasteiger partial charge on any atom is -0.378 e. The monoisotopic (exact) mass is 355 g/mol. The molecular weight excluding hydrogens is 332 g/mol. The van der Waals surface area contributed by atoms with Crippen LogP contribution >= 0.6 is 0 Å². The van der Waals surface area contributed by atoms with Gasteiger partial charge in [-0.3, -0.25) is 9.59 Å². The van der Waals surface area contributed by atoms with Gasteiger partial charge in [-0.25, -0.2) is 0 Å². The molecule has 1 aromatic heterocycles. The van der Waals surface area contributed by atoms with Gasteiger partial charge < -0.3 is 20.7 Å². The number of benzene rings is 1. The lowest BCUT2D eigenvalue weighted by atomic mass is 10.2. The first kappa shape index (κ1) is 17.9. The van der Waals surface area contributed by atoms with Crippen molar-refractivity contribution in [1.82, 2.24) is 0 Å². The number of pyridine rings is 1. The van der Waals surface area contributed by atoms with Crippen LogP contribution in [-0.2, 0) is 9.53 Å². The van der Waals surface area contributed by atoms with E-state index in [4.69, 9.17) is 10.5 Å². The van der Waals surface area contributed by atoms with E-state index < -0.39 is 11.9 Å². The van der Waals surface area contributed by atoms with Crippen LogP contribution < -0.4 is 20.5 Å². The van der Waals surface area contributed by atoms with Gasteiger partial charge in [0.05, 0.1) is 13.2 Å². The topological polar surface area (TPSA) is 88.5 Å². The highest BCUT2D eigenvalue weighted by Crippen LogP contribution is 2.19. The summed E-state index contributed by atoms with van der Waals surface area (Å²) in [6, 6.07) is 10.6. The van der Waals surface area contributed by atoms with Crippen LogP contribution in [0.5, 0.6) is 0 Å². The summed E-state index contributed by atoms with van der Waals surface area (Å²) in [6.07, 6.45) is 3.31. The zero-order valence-corrected chi connectivity index (χ0v) is 14.7. The number of morpholine rings is 1. The van der Waals surface area contributed by atoms with Gasteiger partial charge in [0.15, 0.2) is 12.4 Å². The van der Waals surface area contributed by atoms with Crippen LogP contribution in [0.4, 0.5) is 11.4 Å². The smallest absolute Gasteiger partial charge is 0.293 e. The van der Waals surface area contributed by atoms with Crippen molar-refractivity contribution in [3.05, 3.63) is 54.4 Å². The fourth-order valence-electron chi connectivity index (χ4n) is 2.84. The highest BCUT2D eigenvalue weighted by atomic mass is 16.5. The van der Waals surface area contributed by atoms with Gasteiger partial charge in [-0.15, -0.1) is 0 Å². The van der Waals surface area contributed by atoms with Crippen molar-refractivity contribution < 1.29 is 18.9 Å². The number of nitrogens with one attached hydrogen (secondary N) is 1. The van der Waals surface area contributed by atoms with Crippen molar-refractivity contribution in [1.29, 1.82) is 0 Å². The zero-order chi connectivity index (χ0) is 18.5. The van der Waals surface area contributed by atoms with Crippen molar-refractivity contribution in [2.75, 3.05) is 36.5 Å². The van der Waals surface area contributed by atoms with E-state index in [1.54, 1.807) is 36.0 Å². The van der Waals surface area contributed by atoms with E-state index >= 15 is 0 Å². The second kappa shape index (κ2) is 7.97. The Morgan fingerprint density at radius 2 is 1.88 bits per heavy atom. The number of rotatable bonds is 5. The Morgan fingerprint density at radius 3 is 2.54 bits per heavy atom. The number of carbonyl (C=O) groups is 2. The number of nitrogens with two attached hydrogens (primary N) is 1. The molecule has 136 valence electrons. The number of aromatic nitrogens is 1. The lowest BCUT2D eigenvalue weighted by Gasteiger charge is -2.28. The molecule has 2 heterocycles. The standard InChI is InChI=1S/C19H22N4O3/c1-14(23-8-2-3-15(13-23)18(20)24)19(25)21-16-4-6-17(7-5-16)22-9-11-26-12-10-22/h2-8,13-14H,9-12H2,1H3,(H2-,20,21,24,25)/p+1/t14-/m0/s1. The largest absolute Gasteiger partial charge is 0.378 e. The zero-order valence-electron chi connectivity index (χ0n) is 14.7. The predicted molar refractivity (Wildman–Crippen MR) is 98.0 cm³/mol. The van der Waals surface area contributed by atoms with E-state index in [9.17, 15) is 9.59 Å². The number of carbonyl (C=O) groups excluding carboxylic acids is 2. The van der Waals surface area contributed by atoms with E-state index in [1.165, 1.54) is 0 Å². The van der Waals surface area contributed by atoms with Crippen LogP contribution in [0, 0.1) is 0 Å². The first-order chi connectivity index (χ1) is 12.5. The molecule has 2 amide bonds. The minimum absolute atomic E-state index is 0.171. The van der Waals surface area contributed by atoms with Gasteiger partial charge >= 0.3 is 0 Å². The molecule has 7 nitrogen and oxygen atoms in total. The summed E-state index contributed by atoms with van der Waals surface area (Å²) in [5, 5.41) is 2.90. The number of nitrogens with zero attached hydrogens (tertiary/aromatic N) is 2. The SMILES string of the molecule is C[C@@H](C(=O)Nc1ccc(N2CCOCC2)cc1)[n+]1cccc(C(N)=O)c1. The number of hydrogen-bond donors (Lipinski definition) is 2. The predicted octanol–water partition coefficient (Wildman–Crippen LogP) is 1.11. The number of amides is 2. The molecule has 2 aromatic rings. The van der Waals surface area contributed by atoms with Crippen molar-refractivity contribution in [2.24, 2.45) is 5.73 Å². The normalized spacial score (nSPS) is 15.3. The van der Waals surface area contributed by atoms with E-state index in [2.05, 4.69) is 10.2 Å². The summed E-state index contributed by atoms with van der Waals surface area (Å²) in [6.45, 7) is 4.97. The van der Waals surface area contributed by atoms with Gasteiger partial charge in [0, 0.05) is 37.5 Å². The maximum absolute atomic E-state index is 12.5. The summed E-state index contributed by atoms with van der Waals surface area (Å²) >= 11 is 0. The Hall–Kier alpha value is -2.93. The van der Waals surface area contributed by atoms with Crippen molar-refractivity contribution in [3.63, 3.8) is 0 Å². The van der Waals surface area contributed by atoms with Crippen molar-refractivity contribution >= 4 is 23.2 Å². The Morgan fingerprint density at radius 1 is 1.19 bits per heavy atom. The molecule has 0 radical (unpaired) electrons. The second-order valence-electron chi connectivity index (χ2n) is 6.22. The third kappa shape index (κ3) is 4.18. The molecule has 1 aliphatic heterocycles. The number of anilines is 2. The molecular formula is C19H23N4O3+. The second-order valence-corrected chi connectivity index (χ2v) is 6.22. The van der Waals surface area contributed by atoms with Crippen LogP contribution in [0.15, 0.2) is 48.8 Å². The van der Waals surface area contributed by atoms with Crippen LogP contribution in [-0.4, -0.2) is 38.1 Å². The van der Waals surface area contributed by atoms with Gasteiger partial charge in [-0.05, 0) is 30.3 Å². The molecule has 0 unspecified atom stereocenters. The average Bonchev–Trinajstić information content (AvgIpc) is 2.68. The first-order valence-corrected chi connectivity index (χ1v) is 8.59. The molecule has 0 bridgehead atoms. The molecule has 1 fully saturated rings. The van der Waals surface area contributed by atoms with Gasteiger partial charge in [-0.2, -0.15) is 4.57 Å². The minimum atomic E-state index is -0.523. The Balaban J connectivity index is 1.65. The molecule has 3 rings (SSSR count). The summed E-state index contributed by atoms with van der Waals surface area (Å²) in [7, 11) is 0.